The van der Waals surface area contributed by atoms with Crippen molar-refractivity contribution in [2.75, 3.05) is 5.32 Å². The number of nitriles is 1. The van der Waals surface area contributed by atoms with E-state index in [-0.39, 0.29) is 11.7 Å². The molecule has 7 heteroatoms. The van der Waals surface area contributed by atoms with Gasteiger partial charge in [0.25, 0.3) is 0 Å². The molecule has 1 amide bonds. The summed E-state index contributed by atoms with van der Waals surface area (Å²) >= 11 is 1.27. The number of rotatable bonds is 4. The third-order valence-electron chi connectivity index (χ3n) is 3.48. The highest BCUT2D eigenvalue weighted by atomic mass is 32.1. The second kappa shape index (κ2) is 6.66. The first kappa shape index (κ1) is 15.9. The van der Waals surface area contributed by atoms with Gasteiger partial charge >= 0.3 is 0 Å². The molecule has 3 rings (SSSR count). The molecule has 1 aromatic heterocycles. The van der Waals surface area contributed by atoms with Crippen LogP contribution in [0.3, 0.4) is 0 Å². The van der Waals surface area contributed by atoms with Crippen LogP contribution in [-0.4, -0.2) is 22.0 Å². The number of thiazole rings is 1. The average Bonchev–Trinajstić information content (AvgIpc) is 2.99. The standard InChI is InChI=1S/C17H14N4O2S/c18-9-16-21-14-6-3-11(8-15(14)24-16)20-17(23)13(19)7-10-1-4-12(22)5-2-10/h1-6,8,13,22H,7,19H2,(H,20,23). The molecular weight excluding hydrogens is 324 g/mol. The average molecular weight is 338 g/mol. The summed E-state index contributed by atoms with van der Waals surface area (Å²) in [6, 6.07) is 13.1. The van der Waals surface area contributed by atoms with Crippen LogP contribution in [0, 0.1) is 11.3 Å². The van der Waals surface area contributed by atoms with E-state index in [2.05, 4.69) is 10.3 Å². The van der Waals surface area contributed by atoms with Crippen molar-refractivity contribution in [3.63, 3.8) is 0 Å². The lowest BCUT2D eigenvalue weighted by atomic mass is 10.1. The molecule has 3 aromatic rings. The highest BCUT2D eigenvalue weighted by Crippen LogP contribution is 2.25. The molecule has 1 atom stereocenters. The van der Waals surface area contributed by atoms with Gasteiger partial charge in [-0.25, -0.2) is 4.98 Å². The fourth-order valence-electron chi connectivity index (χ4n) is 2.26. The Balaban J connectivity index is 1.69. The number of nitrogens with two attached hydrogens (primary N) is 1. The van der Waals surface area contributed by atoms with E-state index in [0.29, 0.717) is 17.1 Å². The summed E-state index contributed by atoms with van der Waals surface area (Å²) in [6.45, 7) is 0. The lowest BCUT2D eigenvalue weighted by Gasteiger charge is -2.12. The molecule has 4 N–H and O–H groups in total. The van der Waals surface area contributed by atoms with Gasteiger partial charge in [0.2, 0.25) is 5.91 Å². The Morgan fingerprint density at radius 2 is 2.08 bits per heavy atom. The first-order chi connectivity index (χ1) is 11.5. The highest BCUT2D eigenvalue weighted by Gasteiger charge is 2.15. The fraction of sp³-hybridized carbons (Fsp3) is 0.118. The normalized spacial score (nSPS) is 11.8. The fourth-order valence-corrected chi connectivity index (χ4v) is 3.07. The molecule has 2 aromatic carbocycles. The van der Waals surface area contributed by atoms with Gasteiger partial charge in [-0.1, -0.05) is 12.1 Å². The summed E-state index contributed by atoms with van der Waals surface area (Å²) in [6.07, 6.45) is 0.369. The second-order valence-electron chi connectivity index (χ2n) is 5.28. The van der Waals surface area contributed by atoms with Crippen LogP contribution in [0.15, 0.2) is 42.5 Å². The number of hydrogen-bond donors (Lipinski definition) is 3. The lowest BCUT2D eigenvalue weighted by molar-refractivity contribution is -0.117. The van der Waals surface area contributed by atoms with Gasteiger partial charge in [0.1, 0.15) is 11.8 Å². The molecule has 24 heavy (non-hydrogen) atoms. The van der Waals surface area contributed by atoms with Crippen molar-refractivity contribution in [1.29, 1.82) is 5.26 Å². The predicted molar refractivity (Wildman–Crippen MR) is 92.8 cm³/mol. The minimum atomic E-state index is -0.707. The number of aromatic hydroxyl groups is 1. The third kappa shape index (κ3) is 3.51. The molecule has 0 spiro atoms. The van der Waals surface area contributed by atoms with E-state index in [0.717, 1.165) is 15.8 Å². The number of benzene rings is 2. The van der Waals surface area contributed by atoms with E-state index >= 15 is 0 Å². The van der Waals surface area contributed by atoms with E-state index < -0.39 is 6.04 Å². The number of nitrogens with zero attached hydrogens (tertiary/aromatic N) is 2. The summed E-state index contributed by atoms with van der Waals surface area (Å²) < 4.78 is 0.830. The molecule has 0 saturated heterocycles. The van der Waals surface area contributed by atoms with Gasteiger partial charge in [-0.2, -0.15) is 5.26 Å². The topological polar surface area (TPSA) is 112 Å². The number of nitrogens with one attached hydrogen (secondary N) is 1. The zero-order valence-electron chi connectivity index (χ0n) is 12.6. The predicted octanol–water partition coefficient (Wildman–Crippen LogP) is 2.38. The number of carbonyl (C=O) groups is 1. The maximum absolute atomic E-state index is 12.2. The van der Waals surface area contributed by atoms with Crippen LogP contribution < -0.4 is 11.1 Å². The summed E-state index contributed by atoms with van der Waals surface area (Å²) in [5.74, 6) is -0.126. The summed E-state index contributed by atoms with van der Waals surface area (Å²) in [7, 11) is 0. The monoisotopic (exact) mass is 338 g/mol. The molecule has 0 bridgehead atoms. The Hall–Kier alpha value is -2.95. The van der Waals surface area contributed by atoms with Gasteiger partial charge in [-0.3, -0.25) is 4.79 Å². The molecule has 0 radical (unpaired) electrons. The van der Waals surface area contributed by atoms with Crippen LogP contribution in [0.5, 0.6) is 5.75 Å². The minimum Gasteiger partial charge on any atom is -0.508 e. The van der Waals surface area contributed by atoms with Crippen LogP contribution in [-0.2, 0) is 11.2 Å². The van der Waals surface area contributed by atoms with Crippen molar-refractivity contribution in [2.45, 2.75) is 12.5 Å². The Bertz CT molecular complexity index is 928. The molecule has 1 heterocycles. The highest BCUT2D eigenvalue weighted by molar-refractivity contribution is 7.19. The van der Waals surface area contributed by atoms with E-state index in [1.54, 1.807) is 42.5 Å². The summed E-state index contributed by atoms with van der Waals surface area (Å²) in [4.78, 5) is 16.4. The molecule has 0 aliphatic heterocycles. The minimum absolute atomic E-state index is 0.173. The number of phenolic OH excluding ortho intramolecular Hbond substituents is 1. The van der Waals surface area contributed by atoms with E-state index in [4.69, 9.17) is 11.0 Å². The molecule has 0 aliphatic rings. The number of phenols is 1. The van der Waals surface area contributed by atoms with Crippen LogP contribution in [0.25, 0.3) is 10.2 Å². The number of amides is 1. The number of fused-ring (bicyclic) bond motifs is 1. The van der Waals surface area contributed by atoms with Crippen molar-refractivity contribution >= 4 is 33.1 Å². The zero-order valence-corrected chi connectivity index (χ0v) is 13.4. The maximum atomic E-state index is 12.2. The van der Waals surface area contributed by atoms with Crippen molar-refractivity contribution in [1.82, 2.24) is 4.98 Å². The number of aromatic nitrogens is 1. The Kier molecular flexibility index (Phi) is 4.42. The van der Waals surface area contributed by atoms with Crippen molar-refractivity contribution in [2.24, 2.45) is 5.73 Å². The van der Waals surface area contributed by atoms with Gasteiger partial charge in [0.05, 0.1) is 16.3 Å². The smallest absolute Gasteiger partial charge is 0.241 e. The van der Waals surface area contributed by atoms with Crippen molar-refractivity contribution < 1.29 is 9.90 Å². The van der Waals surface area contributed by atoms with Crippen LogP contribution in [0.2, 0.25) is 0 Å². The van der Waals surface area contributed by atoms with Gasteiger partial charge < -0.3 is 16.2 Å². The Labute approximate surface area is 142 Å². The van der Waals surface area contributed by atoms with Gasteiger partial charge in [-0.15, -0.1) is 11.3 Å². The van der Waals surface area contributed by atoms with E-state index in [9.17, 15) is 9.90 Å². The molecule has 1 unspecified atom stereocenters. The molecule has 0 fully saturated rings. The van der Waals surface area contributed by atoms with Crippen LogP contribution >= 0.6 is 11.3 Å². The molecule has 6 nitrogen and oxygen atoms in total. The van der Waals surface area contributed by atoms with Crippen LogP contribution in [0.1, 0.15) is 10.6 Å². The van der Waals surface area contributed by atoms with Crippen LogP contribution in [0.4, 0.5) is 5.69 Å². The molecular formula is C17H14N4O2S. The largest absolute Gasteiger partial charge is 0.508 e. The second-order valence-corrected chi connectivity index (χ2v) is 6.31. The Morgan fingerprint density at radius 3 is 2.79 bits per heavy atom. The summed E-state index contributed by atoms with van der Waals surface area (Å²) in [5.41, 5.74) is 8.15. The molecule has 0 saturated carbocycles. The number of carbonyl (C=O) groups excluding carboxylic acids is 1. The van der Waals surface area contributed by atoms with E-state index in [1.165, 1.54) is 11.3 Å². The first-order valence-electron chi connectivity index (χ1n) is 7.20. The van der Waals surface area contributed by atoms with Crippen molar-refractivity contribution in [3.05, 3.63) is 53.0 Å². The van der Waals surface area contributed by atoms with Gasteiger partial charge in [-0.05, 0) is 42.3 Å². The lowest BCUT2D eigenvalue weighted by Crippen LogP contribution is -2.37. The Morgan fingerprint density at radius 1 is 1.33 bits per heavy atom. The van der Waals surface area contributed by atoms with Gasteiger partial charge in [0.15, 0.2) is 5.01 Å². The maximum Gasteiger partial charge on any atom is 0.241 e. The van der Waals surface area contributed by atoms with Gasteiger partial charge in [0, 0.05) is 5.69 Å². The third-order valence-corrected chi connectivity index (χ3v) is 4.40. The quantitative estimate of drug-likeness (QED) is 0.676. The van der Waals surface area contributed by atoms with Crippen molar-refractivity contribution in [3.8, 4) is 11.8 Å². The summed E-state index contributed by atoms with van der Waals surface area (Å²) in [5, 5.41) is 21.3. The zero-order chi connectivity index (χ0) is 17.1. The van der Waals surface area contributed by atoms with E-state index in [1.807, 2.05) is 6.07 Å². The molecule has 120 valence electrons. The number of hydrogen-bond acceptors (Lipinski definition) is 6. The number of anilines is 1. The molecule has 0 aliphatic carbocycles. The first-order valence-corrected chi connectivity index (χ1v) is 8.02. The SMILES string of the molecule is N#Cc1nc2ccc(NC(=O)C(N)Cc3ccc(O)cc3)cc2s1.